The lowest BCUT2D eigenvalue weighted by molar-refractivity contribution is -0.145. The summed E-state index contributed by atoms with van der Waals surface area (Å²) >= 11 is 1.51. The van der Waals surface area contributed by atoms with Crippen molar-refractivity contribution < 1.29 is 33.9 Å². The number of aliphatic carboxylic acids is 1. The molecule has 0 aliphatic carbocycles. The van der Waals surface area contributed by atoms with E-state index >= 15 is 0 Å². The molecule has 0 bridgehead atoms. The SMILES string of the molecule is CSCCC(N)C(=O)NC(CCC(N)=O)C(=O)N1CCCC1C(=O)NC(CCC(N)=O)C(=O)O. The van der Waals surface area contributed by atoms with Crippen molar-refractivity contribution in [3.8, 4) is 0 Å². The molecule has 1 heterocycles. The van der Waals surface area contributed by atoms with Crippen LogP contribution in [0.3, 0.4) is 0 Å². The summed E-state index contributed by atoms with van der Waals surface area (Å²) in [5.74, 6) is -3.91. The largest absolute Gasteiger partial charge is 0.480 e. The van der Waals surface area contributed by atoms with Gasteiger partial charge in [-0.2, -0.15) is 11.8 Å². The van der Waals surface area contributed by atoms with Crippen molar-refractivity contribution in [2.75, 3.05) is 18.6 Å². The molecule has 1 rings (SSSR count). The molecule has 9 N–H and O–H groups in total. The average Bonchev–Trinajstić information content (AvgIpc) is 3.26. The number of carbonyl (C=O) groups is 6. The summed E-state index contributed by atoms with van der Waals surface area (Å²) in [4.78, 5) is 73.4. The van der Waals surface area contributed by atoms with Gasteiger partial charge in [0.25, 0.3) is 0 Å². The summed E-state index contributed by atoms with van der Waals surface area (Å²) in [6.45, 7) is 0.206. The molecule has 1 aliphatic rings. The molecule has 192 valence electrons. The number of carbonyl (C=O) groups excluding carboxylic acids is 5. The molecule has 1 aliphatic heterocycles. The van der Waals surface area contributed by atoms with E-state index in [0.29, 0.717) is 18.6 Å². The first-order chi connectivity index (χ1) is 16.0. The van der Waals surface area contributed by atoms with Crippen molar-refractivity contribution in [3.63, 3.8) is 0 Å². The van der Waals surface area contributed by atoms with E-state index in [0.717, 1.165) is 0 Å². The van der Waals surface area contributed by atoms with Crippen LogP contribution in [0, 0.1) is 0 Å². The Morgan fingerprint density at radius 1 is 1.00 bits per heavy atom. The number of carboxylic acids is 1. The molecule has 1 saturated heterocycles. The Morgan fingerprint density at radius 3 is 2.12 bits per heavy atom. The summed E-state index contributed by atoms with van der Waals surface area (Å²) in [6, 6.07) is -4.30. The predicted molar refractivity (Wildman–Crippen MR) is 124 cm³/mol. The van der Waals surface area contributed by atoms with Gasteiger partial charge in [0.1, 0.15) is 18.1 Å². The topological polar surface area (TPSA) is 228 Å². The van der Waals surface area contributed by atoms with Crippen molar-refractivity contribution in [2.24, 2.45) is 17.2 Å². The van der Waals surface area contributed by atoms with E-state index in [1.165, 1.54) is 16.7 Å². The number of likely N-dealkylation sites (tertiary alicyclic amines) is 1. The van der Waals surface area contributed by atoms with Gasteiger partial charge in [-0.05, 0) is 44.1 Å². The summed E-state index contributed by atoms with van der Waals surface area (Å²) in [7, 11) is 0. The first-order valence-electron chi connectivity index (χ1n) is 10.9. The second-order valence-electron chi connectivity index (χ2n) is 8.05. The minimum Gasteiger partial charge on any atom is -0.480 e. The third kappa shape index (κ3) is 9.55. The highest BCUT2D eigenvalue weighted by Gasteiger charge is 2.39. The minimum atomic E-state index is -1.35. The molecular weight excluding hydrogens is 468 g/mol. The van der Waals surface area contributed by atoms with Crippen LogP contribution in [0.25, 0.3) is 0 Å². The Balaban J connectivity index is 2.94. The van der Waals surface area contributed by atoms with Crippen molar-refractivity contribution in [1.82, 2.24) is 15.5 Å². The van der Waals surface area contributed by atoms with E-state index in [4.69, 9.17) is 17.2 Å². The van der Waals surface area contributed by atoms with E-state index < -0.39 is 59.7 Å². The smallest absolute Gasteiger partial charge is 0.326 e. The summed E-state index contributed by atoms with van der Waals surface area (Å²) in [5.41, 5.74) is 16.1. The molecule has 0 aromatic heterocycles. The number of amides is 5. The minimum absolute atomic E-state index is 0.0731. The zero-order valence-corrected chi connectivity index (χ0v) is 20.0. The Hall–Kier alpha value is -2.87. The van der Waals surface area contributed by atoms with Gasteiger partial charge in [-0.15, -0.1) is 0 Å². The van der Waals surface area contributed by atoms with Gasteiger partial charge in [0, 0.05) is 19.4 Å². The van der Waals surface area contributed by atoms with Gasteiger partial charge in [-0.3, -0.25) is 24.0 Å². The van der Waals surface area contributed by atoms with Gasteiger partial charge in [0.15, 0.2) is 0 Å². The summed E-state index contributed by atoms with van der Waals surface area (Å²) < 4.78 is 0. The normalized spacial score (nSPS) is 17.9. The Bertz CT molecular complexity index is 781. The molecule has 0 spiro atoms. The molecule has 0 aromatic carbocycles. The molecule has 0 aromatic rings. The number of rotatable bonds is 15. The number of nitrogens with one attached hydrogen (secondary N) is 2. The zero-order chi connectivity index (χ0) is 25.8. The quantitative estimate of drug-likeness (QED) is 0.140. The maximum Gasteiger partial charge on any atom is 0.326 e. The molecule has 0 radical (unpaired) electrons. The number of primary amides is 2. The number of hydrogen-bond donors (Lipinski definition) is 6. The number of carboxylic acid groups (broad SMARTS) is 1. The van der Waals surface area contributed by atoms with Crippen LogP contribution >= 0.6 is 11.8 Å². The molecule has 0 saturated carbocycles. The van der Waals surface area contributed by atoms with E-state index in [1.807, 2.05) is 6.26 Å². The van der Waals surface area contributed by atoms with E-state index in [1.54, 1.807) is 0 Å². The Labute approximate surface area is 201 Å². The van der Waals surface area contributed by atoms with Crippen LogP contribution < -0.4 is 27.8 Å². The molecule has 13 nitrogen and oxygen atoms in total. The number of hydrogen-bond acceptors (Lipinski definition) is 8. The first kappa shape index (κ1) is 29.2. The lowest BCUT2D eigenvalue weighted by Gasteiger charge is -2.30. The molecule has 4 unspecified atom stereocenters. The summed E-state index contributed by atoms with van der Waals surface area (Å²) in [5, 5.41) is 14.2. The van der Waals surface area contributed by atoms with Gasteiger partial charge in [0.2, 0.25) is 29.5 Å². The molecule has 14 heteroatoms. The van der Waals surface area contributed by atoms with Crippen LogP contribution in [0.4, 0.5) is 0 Å². The highest BCUT2D eigenvalue weighted by Crippen LogP contribution is 2.20. The lowest BCUT2D eigenvalue weighted by Crippen LogP contribution is -2.57. The monoisotopic (exact) mass is 502 g/mol. The van der Waals surface area contributed by atoms with Gasteiger partial charge in [-0.1, -0.05) is 0 Å². The van der Waals surface area contributed by atoms with Crippen LogP contribution in [-0.2, 0) is 28.8 Å². The van der Waals surface area contributed by atoms with Crippen molar-refractivity contribution in [3.05, 3.63) is 0 Å². The highest BCUT2D eigenvalue weighted by atomic mass is 32.2. The van der Waals surface area contributed by atoms with Gasteiger partial charge in [0.05, 0.1) is 6.04 Å². The fourth-order valence-corrected chi connectivity index (χ4v) is 4.00. The third-order valence-corrected chi connectivity index (χ3v) is 6.04. The molecular formula is C20H34N6O7S. The summed E-state index contributed by atoms with van der Waals surface area (Å²) in [6.07, 6.45) is 2.35. The van der Waals surface area contributed by atoms with Crippen LogP contribution in [-0.4, -0.2) is 88.2 Å². The van der Waals surface area contributed by atoms with Gasteiger partial charge in [-0.25, -0.2) is 4.79 Å². The first-order valence-corrected chi connectivity index (χ1v) is 12.3. The second kappa shape index (κ2) is 14.4. The lowest BCUT2D eigenvalue weighted by atomic mass is 10.1. The Kier molecular flexibility index (Phi) is 12.4. The number of nitrogens with two attached hydrogens (primary N) is 3. The van der Waals surface area contributed by atoms with Gasteiger partial charge < -0.3 is 37.8 Å². The fraction of sp³-hybridized carbons (Fsp3) is 0.700. The maximum absolute atomic E-state index is 13.2. The van der Waals surface area contributed by atoms with Crippen LogP contribution in [0.1, 0.15) is 44.9 Å². The van der Waals surface area contributed by atoms with Crippen molar-refractivity contribution in [1.29, 1.82) is 0 Å². The van der Waals surface area contributed by atoms with Crippen LogP contribution in [0.15, 0.2) is 0 Å². The van der Waals surface area contributed by atoms with E-state index in [9.17, 15) is 33.9 Å². The highest BCUT2D eigenvalue weighted by molar-refractivity contribution is 7.98. The number of thioether (sulfide) groups is 1. The van der Waals surface area contributed by atoms with E-state index in [-0.39, 0.29) is 38.6 Å². The second-order valence-corrected chi connectivity index (χ2v) is 9.03. The molecule has 4 atom stereocenters. The zero-order valence-electron chi connectivity index (χ0n) is 19.2. The van der Waals surface area contributed by atoms with Gasteiger partial charge >= 0.3 is 5.97 Å². The van der Waals surface area contributed by atoms with Crippen molar-refractivity contribution in [2.45, 2.75) is 69.1 Å². The standard InChI is InChI=1S/C20H34N6O7S/c1-34-10-8-11(21)17(29)24-12(4-6-15(22)27)19(31)26-9-2-3-14(26)18(30)25-13(20(32)33)5-7-16(23)28/h11-14H,2-10,21H2,1H3,(H2,22,27)(H2,23,28)(H,24,29)(H,25,30)(H,32,33). The predicted octanol–water partition coefficient (Wildman–Crippen LogP) is -2.36. The van der Waals surface area contributed by atoms with E-state index in [2.05, 4.69) is 10.6 Å². The fourth-order valence-electron chi connectivity index (χ4n) is 3.51. The maximum atomic E-state index is 13.2. The average molecular weight is 503 g/mol. The van der Waals surface area contributed by atoms with Crippen LogP contribution in [0.5, 0.6) is 0 Å². The third-order valence-electron chi connectivity index (χ3n) is 5.40. The molecule has 34 heavy (non-hydrogen) atoms. The number of nitrogens with zero attached hydrogens (tertiary/aromatic N) is 1. The molecule has 5 amide bonds. The molecule has 1 fully saturated rings. The van der Waals surface area contributed by atoms with Crippen LogP contribution in [0.2, 0.25) is 0 Å². The Morgan fingerprint density at radius 2 is 1.59 bits per heavy atom. The van der Waals surface area contributed by atoms with Crippen molar-refractivity contribution >= 4 is 47.3 Å².